The number of hydrogen-bond donors (Lipinski definition) is 1. The summed E-state index contributed by atoms with van der Waals surface area (Å²) in [6.45, 7) is 2.40. The van der Waals surface area contributed by atoms with Crippen LogP contribution >= 0.6 is 0 Å². The van der Waals surface area contributed by atoms with Crippen molar-refractivity contribution in [3.05, 3.63) is 0 Å². The van der Waals surface area contributed by atoms with Crippen molar-refractivity contribution in [2.75, 3.05) is 6.61 Å². The van der Waals surface area contributed by atoms with Crippen molar-refractivity contribution >= 4 is 0 Å². The van der Waals surface area contributed by atoms with Crippen molar-refractivity contribution in [3.63, 3.8) is 0 Å². The summed E-state index contributed by atoms with van der Waals surface area (Å²) >= 11 is 0. The van der Waals surface area contributed by atoms with Crippen LogP contribution < -0.4 is 0 Å². The molecule has 0 amide bonds. The molecule has 0 radical (unpaired) electrons. The van der Waals surface area contributed by atoms with E-state index in [0.29, 0.717) is 6.61 Å². The molecule has 0 bridgehead atoms. The summed E-state index contributed by atoms with van der Waals surface area (Å²) in [5, 5.41) is 8.07. The Morgan fingerprint density at radius 3 is 2.00 bits per heavy atom. The Morgan fingerprint density at radius 2 is 2.00 bits per heavy atom. The Labute approximate surface area is 59.3 Å². The average Bonchev–Trinajstić information content (AvgIpc) is 1.41. The zero-order valence-corrected chi connectivity index (χ0v) is 9.77. The number of rotatable bonds is 2. The quantitative estimate of drug-likeness (QED) is 0.738. The van der Waals surface area contributed by atoms with E-state index in [1.807, 2.05) is 0 Å². The van der Waals surface area contributed by atoms with Crippen LogP contribution in [0.15, 0.2) is 0 Å². The van der Waals surface area contributed by atoms with Gasteiger partial charge in [0.05, 0.1) is 0 Å². The summed E-state index contributed by atoms with van der Waals surface area (Å²) in [6.07, 6.45) is 2.04. The van der Waals surface area contributed by atoms with Gasteiger partial charge in [0.25, 0.3) is 0 Å². The van der Waals surface area contributed by atoms with E-state index in [9.17, 15) is 0 Å². The molecule has 1 nitrogen and oxygen atoms in total. The first-order chi connectivity index (χ1) is 2.41. The molecule has 0 fully saturated rings. The third kappa shape index (κ3) is 8.86. The van der Waals surface area contributed by atoms with Gasteiger partial charge in [-0.05, 0) is 6.42 Å². The Morgan fingerprint density at radius 1 is 1.50 bits per heavy atom. The second kappa shape index (κ2) is 9.31. The molecular weight excluding hydrogens is 265 g/mol. The van der Waals surface area contributed by atoms with Gasteiger partial charge in [-0.25, -0.2) is 0 Å². The maximum Gasteiger partial charge on any atom is 0.0430 e. The summed E-state index contributed by atoms with van der Waals surface area (Å²) in [5.41, 5.74) is 0. The van der Waals surface area contributed by atoms with Gasteiger partial charge in [0, 0.05) is 34.3 Å². The van der Waals surface area contributed by atoms with Crippen molar-refractivity contribution in [1.29, 1.82) is 0 Å². The predicted octanol–water partition coefficient (Wildman–Crippen LogP) is 0.776. The normalized spacial score (nSPS) is 7.00. The summed E-state index contributed by atoms with van der Waals surface area (Å²) in [6, 6.07) is 0. The molecule has 0 unspecified atom stereocenters. The van der Waals surface area contributed by atoms with Crippen LogP contribution in [0.25, 0.3) is 0 Å². The largest absolute Gasteiger partial charge is 0.396 e. The SMILES string of the molecule is CCCCO.[Hg]. The molecular formula is C4H10HgO. The van der Waals surface area contributed by atoms with Gasteiger partial charge in [-0.15, -0.1) is 0 Å². The average molecular weight is 275 g/mol. The summed E-state index contributed by atoms with van der Waals surface area (Å²) in [5.74, 6) is 0. The molecule has 1 N–H and O–H groups in total. The molecule has 0 aromatic rings. The van der Waals surface area contributed by atoms with E-state index >= 15 is 0 Å². The second-order valence-corrected chi connectivity index (χ2v) is 1.08. The van der Waals surface area contributed by atoms with Gasteiger partial charge < -0.3 is 5.11 Å². The molecule has 0 saturated heterocycles. The summed E-state index contributed by atoms with van der Waals surface area (Å²) < 4.78 is 0. The third-order valence-corrected chi connectivity index (χ3v) is 0.512. The first-order valence-corrected chi connectivity index (χ1v) is 2.02. The second-order valence-electron chi connectivity index (χ2n) is 1.08. The van der Waals surface area contributed by atoms with Gasteiger partial charge in [-0.1, -0.05) is 13.3 Å². The van der Waals surface area contributed by atoms with E-state index in [0.717, 1.165) is 12.8 Å². The van der Waals surface area contributed by atoms with Gasteiger partial charge in [0.15, 0.2) is 0 Å². The topological polar surface area (TPSA) is 20.2 Å². The van der Waals surface area contributed by atoms with E-state index in [-0.39, 0.29) is 27.7 Å². The van der Waals surface area contributed by atoms with Crippen LogP contribution in [-0.4, -0.2) is 11.7 Å². The molecule has 0 aliphatic heterocycles. The molecule has 34 valence electrons. The Hall–Kier alpha value is 0.895. The van der Waals surface area contributed by atoms with E-state index < -0.39 is 0 Å². The zero-order valence-electron chi connectivity index (χ0n) is 4.28. The van der Waals surface area contributed by atoms with Gasteiger partial charge >= 0.3 is 0 Å². The molecule has 0 aromatic heterocycles. The number of aliphatic hydroxyl groups excluding tert-OH is 1. The minimum atomic E-state index is 0. The molecule has 0 aliphatic carbocycles. The van der Waals surface area contributed by atoms with E-state index in [1.54, 1.807) is 0 Å². The fourth-order valence-corrected chi connectivity index (χ4v) is 0.158. The monoisotopic (exact) mass is 276 g/mol. The molecule has 2 heteroatoms. The summed E-state index contributed by atoms with van der Waals surface area (Å²) in [4.78, 5) is 0. The van der Waals surface area contributed by atoms with E-state index in [1.165, 1.54) is 0 Å². The van der Waals surface area contributed by atoms with Crippen LogP contribution in [0.5, 0.6) is 0 Å². The smallest absolute Gasteiger partial charge is 0.0430 e. The number of aliphatic hydroxyl groups is 1. The first kappa shape index (κ1) is 10.00. The van der Waals surface area contributed by atoms with Crippen molar-refractivity contribution in [1.82, 2.24) is 0 Å². The van der Waals surface area contributed by atoms with Crippen molar-refractivity contribution in [2.24, 2.45) is 0 Å². The molecule has 0 heterocycles. The zero-order chi connectivity index (χ0) is 4.12. The van der Waals surface area contributed by atoms with Gasteiger partial charge in [-0.2, -0.15) is 0 Å². The van der Waals surface area contributed by atoms with Crippen LogP contribution in [-0.2, 0) is 27.7 Å². The van der Waals surface area contributed by atoms with Crippen LogP contribution in [0.1, 0.15) is 19.8 Å². The maximum atomic E-state index is 8.07. The van der Waals surface area contributed by atoms with Gasteiger partial charge in [0.2, 0.25) is 0 Å². The molecule has 0 rings (SSSR count). The van der Waals surface area contributed by atoms with E-state index in [2.05, 4.69) is 6.92 Å². The molecule has 0 saturated carbocycles. The Balaban J connectivity index is 0. The Kier molecular flexibility index (Phi) is 15.5. The molecule has 0 aliphatic rings. The van der Waals surface area contributed by atoms with Crippen LogP contribution in [0.2, 0.25) is 0 Å². The first-order valence-electron chi connectivity index (χ1n) is 2.02. The molecule has 0 atom stereocenters. The maximum absolute atomic E-state index is 8.07. The van der Waals surface area contributed by atoms with Gasteiger partial charge in [-0.3, -0.25) is 0 Å². The standard InChI is InChI=1S/C4H10O.Hg/c1-2-3-4-5;/h5H,2-4H2,1H3;. The third-order valence-electron chi connectivity index (χ3n) is 0.512. The van der Waals surface area contributed by atoms with Crippen LogP contribution in [0, 0.1) is 0 Å². The van der Waals surface area contributed by atoms with E-state index in [4.69, 9.17) is 5.11 Å². The van der Waals surface area contributed by atoms with Crippen molar-refractivity contribution in [2.45, 2.75) is 19.8 Å². The number of hydrogen-bond acceptors (Lipinski definition) is 1. The Bertz CT molecular complexity index is 15.0. The predicted molar refractivity (Wildman–Crippen MR) is 22.0 cm³/mol. The van der Waals surface area contributed by atoms with Crippen molar-refractivity contribution < 1.29 is 32.8 Å². The number of unbranched alkanes of at least 4 members (excludes halogenated alkanes) is 1. The fraction of sp³-hybridized carbons (Fsp3) is 1.00. The molecule has 6 heavy (non-hydrogen) atoms. The van der Waals surface area contributed by atoms with Gasteiger partial charge in [0.1, 0.15) is 0 Å². The minimum absolute atomic E-state index is 0. The minimum Gasteiger partial charge on any atom is -0.396 e. The fourth-order valence-electron chi connectivity index (χ4n) is 0.158. The van der Waals surface area contributed by atoms with Crippen LogP contribution in [0.3, 0.4) is 0 Å². The molecule has 0 spiro atoms. The van der Waals surface area contributed by atoms with Crippen LogP contribution in [0.4, 0.5) is 0 Å². The van der Waals surface area contributed by atoms with Crippen molar-refractivity contribution in [3.8, 4) is 0 Å². The summed E-state index contributed by atoms with van der Waals surface area (Å²) in [7, 11) is 0. The molecule has 0 aromatic carbocycles.